The maximum absolute atomic E-state index is 13.6. The molecular formula is C34H38N4O6. The molecule has 0 aliphatic heterocycles. The molecule has 3 amide bonds. The summed E-state index contributed by atoms with van der Waals surface area (Å²) < 4.78 is 10.2. The minimum absolute atomic E-state index is 0.0326. The molecule has 3 aromatic rings. The van der Waals surface area contributed by atoms with Crippen molar-refractivity contribution in [2.75, 3.05) is 19.0 Å². The summed E-state index contributed by atoms with van der Waals surface area (Å²) in [6, 6.07) is 16.3. The standard InChI is InChI=1S/C34H38N4O6/c1-8-21-9-15-25(26-16-12-23(18-28(26)32(41)43-7)30(39)36-19-20(2)3)27(17-21)31(40)37-24-13-10-22(11-14-24)29(35)38-33(42)44-34(4,5)6/h8-18,20H,1,19H2,2-7H3,(H,36,39)(H,37,40)(H2,35,38,42). The van der Waals surface area contributed by atoms with Crippen LogP contribution < -0.4 is 16.4 Å². The number of nitrogens with two attached hydrogens (primary N) is 1. The van der Waals surface area contributed by atoms with Crippen molar-refractivity contribution in [2.24, 2.45) is 16.6 Å². The summed E-state index contributed by atoms with van der Waals surface area (Å²) in [5.74, 6) is -1.22. The predicted octanol–water partition coefficient (Wildman–Crippen LogP) is 6.06. The summed E-state index contributed by atoms with van der Waals surface area (Å²) in [6.45, 7) is 13.4. The van der Waals surface area contributed by atoms with Crippen LogP contribution in [-0.2, 0) is 9.47 Å². The molecule has 0 radical (unpaired) electrons. The van der Waals surface area contributed by atoms with Crippen LogP contribution in [0.1, 0.15) is 76.8 Å². The Balaban J connectivity index is 1.95. The van der Waals surface area contributed by atoms with Crippen LogP contribution in [0.3, 0.4) is 0 Å². The van der Waals surface area contributed by atoms with Gasteiger partial charge in [-0.15, -0.1) is 0 Å². The van der Waals surface area contributed by atoms with Crippen LogP contribution >= 0.6 is 0 Å². The highest BCUT2D eigenvalue weighted by Gasteiger charge is 2.22. The minimum Gasteiger partial charge on any atom is -0.465 e. The lowest BCUT2D eigenvalue weighted by Crippen LogP contribution is -2.27. The number of rotatable bonds is 9. The topological polar surface area (TPSA) is 149 Å². The molecule has 0 fully saturated rings. The number of carbonyl (C=O) groups excluding carboxylic acids is 4. The number of hydrogen-bond acceptors (Lipinski definition) is 6. The van der Waals surface area contributed by atoms with Gasteiger partial charge in [0.15, 0.2) is 0 Å². The lowest BCUT2D eigenvalue weighted by molar-refractivity contribution is 0.0592. The van der Waals surface area contributed by atoms with Gasteiger partial charge in [-0.2, -0.15) is 4.99 Å². The van der Waals surface area contributed by atoms with Gasteiger partial charge >= 0.3 is 12.1 Å². The van der Waals surface area contributed by atoms with Gasteiger partial charge in [0.1, 0.15) is 11.4 Å². The summed E-state index contributed by atoms with van der Waals surface area (Å²) in [5.41, 5.74) is 8.41. The van der Waals surface area contributed by atoms with Gasteiger partial charge in [-0.1, -0.05) is 44.7 Å². The van der Waals surface area contributed by atoms with E-state index in [9.17, 15) is 19.2 Å². The van der Waals surface area contributed by atoms with E-state index >= 15 is 0 Å². The molecule has 0 saturated carbocycles. The van der Waals surface area contributed by atoms with Crippen molar-refractivity contribution < 1.29 is 28.7 Å². The van der Waals surface area contributed by atoms with Crippen molar-refractivity contribution in [3.8, 4) is 11.1 Å². The van der Waals surface area contributed by atoms with Gasteiger partial charge in [0.2, 0.25) is 0 Å². The van der Waals surface area contributed by atoms with Crippen molar-refractivity contribution in [1.82, 2.24) is 5.32 Å². The number of amidine groups is 1. The van der Waals surface area contributed by atoms with Crippen molar-refractivity contribution >= 4 is 41.5 Å². The first-order chi connectivity index (χ1) is 20.7. The summed E-state index contributed by atoms with van der Waals surface area (Å²) in [7, 11) is 1.25. The monoisotopic (exact) mass is 598 g/mol. The Labute approximate surface area is 257 Å². The molecule has 3 rings (SSSR count). The highest BCUT2D eigenvalue weighted by Crippen LogP contribution is 2.31. The molecule has 0 aliphatic carbocycles. The van der Waals surface area contributed by atoms with Gasteiger partial charge in [0.25, 0.3) is 11.8 Å². The van der Waals surface area contributed by atoms with Gasteiger partial charge in [-0.05, 0) is 85.8 Å². The predicted molar refractivity (Wildman–Crippen MR) is 172 cm³/mol. The van der Waals surface area contributed by atoms with E-state index in [0.29, 0.717) is 34.5 Å². The second kappa shape index (κ2) is 14.3. The number of carbonyl (C=O) groups is 4. The van der Waals surface area contributed by atoms with Crippen LogP contribution in [0, 0.1) is 5.92 Å². The third-order valence-corrected chi connectivity index (χ3v) is 6.22. The zero-order chi connectivity index (χ0) is 32.6. The summed E-state index contributed by atoms with van der Waals surface area (Å²) in [5, 5.41) is 5.69. The van der Waals surface area contributed by atoms with E-state index in [4.69, 9.17) is 15.2 Å². The highest BCUT2D eigenvalue weighted by atomic mass is 16.6. The third kappa shape index (κ3) is 8.87. The van der Waals surface area contributed by atoms with E-state index in [0.717, 1.165) is 0 Å². The first-order valence-electron chi connectivity index (χ1n) is 14.0. The number of benzene rings is 3. The van der Waals surface area contributed by atoms with E-state index < -0.39 is 23.6 Å². The van der Waals surface area contributed by atoms with Crippen molar-refractivity contribution in [3.63, 3.8) is 0 Å². The second-order valence-corrected chi connectivity index (χ2v) is 11.4. The molecule has 0 saturated heterocycles. The molecule has 0 heterocycles. The van der Waals surface area contributed by atoms with Crippen LogP contribution in [0.2, 0.25) is 0 Å². The maximum Gasteiger partial charge on any atom is 0.436 e. The molecule has 0 spiro atoms. The molecule has 230 valence electrons. The molecule has 10 nitrogen and oxygen atoms in total. The fraction of sp³-hybridized carbons (Fsp3) is 0.265. The highest BCUT2D eigenvalue weighted by molar-refractivity contribution is 6.11. The van der Waals surface area contributed by atoms with Gasteiger partial charge in [-0.3, -0.25) is 9.59 Å². The largest absolute Gasteiger partial charge is 0.465 e. The SMILES string of the molecule is C=Cc1ccc(-c2ccc(C(=O)NCC(C)C)cc2C(=O)OC)c(C(=O)Nc2ccc(C(N)=NC(=O)OC(C)(C)C)cc2)c1. The first-order valence-corrected chi connectivity index (χ1v) is 14.0. The number of methoxy groups -OCH3 is 1. The van der Waals surface area contributed by atoms with Crippen LogP contribution in [-0.4, -0.2) is 49.0 Å². The van der Waals surface area contributed by atoms with Crippen molar-refractivity contribution in [1.29, 1.82) is 0 Å². The number of hydrogen-bond donors (Lipinski definition) is 3. The maximum atomic E-state index is 13.6. The minimum atomic E-state index is -0.808. The number of anilines is 1. The fourth-order valence-corrected chi connectivity index (χ4v) is 4.08. The normalized spacial score (nSPS) is 11.5. The molecule has 0 aliphatic rings. The van der Waals surface area contributed by atoms with Crippen LogP contribution in [0.15, 0.2) is 72.2 Å². The average Bonchev–Trinajstić information content (AvgIpc) is 2.98. The van der Waals surface area contributed by atoms with Gasteiger partial charge in [-0.25, -0.2) is 9.59 Å². The van der Waals surface area contributed by atoms with Gasteiger partial charge in [0.05, 0.1) is 12.7 Å². The summed E-state index contributed by atoms with van der Waals surface area (Å²) >= 11 is 0. The molecule has 4 N–H and O–H groups in total. The molecular weight excluding hydrogens is 560 g/mol. The Morgan fingerprint density at radius 2 is 1.52 bits per heavy atom. The average molecular weight is 599 g/mol. The van der Waals surface area contributed by atoms with Crippen LogP contribution in [0.5, 0.6) is 0 Å². The number of nitrogens with zero attached hydrogens (tertiary/aromatic N) is 1. The van der Waals surface area contributed by atoms with E-state index in [1.807, 2.05) is 13.8 Å². The third-order valence-electron chi connectivity index (χ3n) is 6.22. The molecule has 0 bridgehead atoms. The molecule has 0 atom stereocenters. The number of nitrogens with one attached hydrogen (secondary N) is 2. The first kappa shape index (κ1) is 33.3. The number of esters is 1. The lowest BCUT2D eigenvalue weighted by atomic mass is 9.92. The van der Waals surface area contributed by atoms with E-state index in [-0.39, 0.29) is 34.4 Å². The Hall–Kier alpha value is -5.25. The Kier molecular flexibility index (Phi) is 10.8. The van der Waals surface area contributed by atoms with E-state index in [1.165, 1.54) is 13.2 Å². The second-order valence-electron chi connectivity index (χ2n) is 11.4. The van der Waals surface area contributed by atoms with Crippen LogP contribution in [0.4, 0.5) is 10.5 Å². The zero-order valence-corrected chi connectivity index (χ0v) is 25.8. The smallest absolute Gasteiger partial charge is 0.436 e. The van der Waals surface area contributed by atoms with Crippen molar-refractivity contribution in [3.05, 3.63) is 95.1 Å². The fourth-order valence-electron chi connectivity index (χ4n) is 4.08. The zero-order valence-electron chi connectivity index (χ0n) is 25.8. The van der Waals surface area contributed by atoms with Crippen molar-refractivity contribution in [2.45, 2.75) is 40.2 Å². The quantitative estimate of drug-likeness (QED) is 0.154. The Morgan fingerprint density at radius 1 is 0.909 bits per heavy atom. The van der Waals surface area contributed by atoms with Gasteiger partial charge in [0, 0.05) is 28.9 Å². The van der Waals surface area contributed by atoms with Gasteiger partial charge < -0.3 is 25.8 Å². The Morgan fingerprint density at radius 3 is 2.11 bits per heavy atom. The molecule has 0 unspecified atom stereocenters. The molecule has 0 aromatic heterocycles. The summed E-state index contributed by atoms with van der Waals surface area (Å²) in [6.07, 6.45) is 0.795. The number of ether oxygens (including phenoxy) is 2. The number of aliphatic imine (C=N–C) groups is 1. The lowest BCUT2D eigenvalue weighted by Gasteiger charge is -2.17. The van der Waals surface area contributed by atoms with E-state index in [1.54, 1.807) is 81.4 Å². The Bertz CT molecular complexity index is 1600. The summed E-state index contributed by atoms with van der Waals surface area (Å²) in [4.78, 5) is 55.0. The van der Waals surface area contributed by atoms with Crippen LogP contribution in [0.25, 0.3) is 17.2 Å². The number of amides is 3. The van der Waals surface area contributed by atoms with E-state index in [2.05, 4.69) is 22.2 Å². The molecule has 10 heteroatoms. The molecule has 44 heavy (non-hydrogen) atoms. The molecule has 3 aromatic carbocycles.